The minimum absolute atomic E-state index is 0.115. The van der Waals surface area contributed by atoms with Crippen LogP contribution in [0.3, 0.4) is 0 Å². The van der Waals surface area contributed by atoms with E-state index in [1.165, 1.54) is 18.2 Å². The lowest BCUT2D eigenvalue weighted by molar-refractivity contribution is -0.161. The van der Waals surface area contributed by atoms with Gasteiger partial charge in [-0.25, -0.2) is 4.79 Å². The first-order valence-electron chi connectivity index (χ1n) is 7.57. The Morgan fingerprint density at radius 3 is 2.37 bits per heavy atom. The van der Waals surface area contributed by atoms with Crippen LogP contribution in [0.1, 0.15) is 18.4 Å². The molecule has 0 aliphatic carbocycles. The first-order valence-corrected chi connectivity index (χ1v) is 8.32. The van der Waals surface area contributed by atoms with E-state index in [9.17, 15) is 27.6 Å². The number of aldehydes is 1. The first-order chi connectivity index (χ1) is 12.4. The third-order valence-corrected chi connectivity index (χ3v) is 4.64. The van der Waals surface area contributed by atoms with Gasteiger partial charge in [-0.3, -0.25) is 4.79 Å². The van der Waals surface area contributed by atoms with Crippen LogP contribution in [0.15, 0.2) is 18.2 Å². The van der Waals surface area contributed by atoms with Gasteiger partial charge in [0.15, 0.2) is 0 Å². The maximum Gasteiger partial charge on any atom is 0.404 e. The van der Waals surface area contributed by atoms with Crippen molar-refractivity contribution < 1.29 is 32.7 Å². The van der Waals surface area contributed by atoms with E-state index in [1.807, 2.05) is 0 Å². The standard InChI is InChI=1S/C16H17Cl2F3N2O4/c1-23(13(25)7-16(19,20)21)9-15(4-5-24,8-22-14(26)27)10-2-3-11(17)12(18)6-10/h2-3,5-6,22H,4,7-9H2,1H3,(H,26,27). The van der Waals surface area contributed by atoms with Gasteiger partial charge in [0.25, 0.3) is 0 Å². The second-order valence-corrected chi connectivity index (χ2v) is 6.79. The zero-order chi connectivity index (χ0) is 20.8. The number of halogens is 5. The monoisotopic (exact) mass is 428 g/mol. The van der Waals surface area contributed by atoms with Crippen molar-refractivity contribution in [3.63, 3.8) is 0 Å². The number of rotatable bonds is 8. The highest BCUT2D eigenvalue weighted by molar-refractivity contribution is 6.42. The molecule has 0 saturated carbocycles. The molecule has 0 radical (unpaired) electrons. The molecule has 0 aromatic heterocycles. The molecular formula is C16H17Cl2F3N2O4. The number of carbonyl (C=O) groups excluding carboxylic acids is 2. The Morgan fingerprint density at radius 2 is 1.89 bits per heavy atom. The van der Waals surface area contributed by atoms with Crippen LogP contribution in [-0.2, 0) is 15.0 Å². The number of carboxylic acid groups (broad SMARTS) is 1. The third-order valence-electron chi connectivity index (χ3n) is 3.90. The molecule has 1 rings (SSSR count). The van der Waals surface area contributed by atoms with Crippen LogP contribution in [0.5, 0.6) is 0 Å². The summed E-state index contributed by atoms with van der Waals surface area (Å²) in [4.78, 5) is 34.9. The molecular weight excluding hydrogens is 412 g/mol. The topological polar surface area (TPSA) is 86.7 Å². The highest BCUT2D eigenvalue weighted by atomic mass is 35.5. The van der Waals surface area contributed by atoms with E-state index in [1.54, 1.807) is 0 Å². The predicted octanol–water partition coefficient (Wildman–Crippen LogP) is 3.50. The number of hydrogen-bond acceptors (Lipinski definition) is 3. The van der Waals surface area contributed by atoms with Gasteiger partial charge in [-0.15, -0.1) is 0 Å². The Labute approximate surface area is 163 Å². The summed E-state index contributed by atoms with van der Waals surface area (Å²) in [5.74, 6) is -1.21. The zero-order valence-electron chi connectivity index (χ0n) is 14.1. The van der Waals surface area contributed by atoms with Crippen LogP contribution in [0.4, 0.5) is 18.0 Å². The molecule has 0 saturated heterocycles. The van der Waals surface area contributed by atoms with Crippen molar-refractivity contribution in [2.45, 2.75) is 24.4 Å². The molecule has 0 bridgehead atoms. The van der Waals surface area contributed by atoms with Crippen LogP contribution in [-0.4, -0.2) is 54.6 Å². The van der Waals surface area contributed by atoms with Crippen LogP contribution >= 0.6 is 23.2 Å². The second-order valence-electron chi connectivity index (χ2n) is 5.98. The lowest BCUT2D eigenvalue weighted by Gasteiger charge is -2.36. The molecule has 0 spiro atoms. The number of carbonyl (C=O) groups is 3. The van der Waals surface area contributed by atoms with Crippen molar-refractivity contribution in [1.82, 2.24) is 10.2 Å². The summed E-state index contributed by atoms with van der Waals surface area (Å²) in [6.45, 7) is -0.679. The van der Waals surface area contributed by atoms with Crippen molar-refractivity contribution in [2.24, 2.45) is 0 Å². The maximum atomic E-state index is 12.5. The maximum absolute atomic E-state index is 12.5. The van der Waals surface area contributed by atoms with Gasteiger partial charge in [0, 0.05) is 32.0 Å². The van der Waals surface area contributed by atoms with Crippen LogP contribution in [0, 0.1) is 0 Å². The summed E-state index contributed by atoms with van der Waals surface area (Å²) in [6.07, 6.45) is -7.53. The minimum Gasteiger partial charge on any atom is -0.465 e. The Hall–Kier alpha value is -2.00. The van der Waals surface area contributed by atoms with Gasteiger partial charge >= 0.3 is 12.3 Å². The Balaban J connectivity index is 3.29. The molecule has 27 heavy (non-hydrogen) atoms. The van der Waals surface area contributed by atoms with Gasteiger partial charge in [0.2, 0.25) is 5.91 Å². The summed E-state index contributed by atoms with van der Waals surface area (Å²) in [5, 5.41) is 11.3. The average molecular weight is 429 g/mol. The van der Waals surface area contributed by atoms with Gasteiger partial charge in [-0.05, 0) is 17.7 Å². The van der Waals surface area contributed by atoms with Crippen molar-refractivity contribution >= 4 is 41.5 Å². The lowest BCUT2D eigenvalue weighted by atomic mass is 9.77. The van der Waals surface area contributed by atoms with E-state index in [4.69, 9.17) is 28.3 Å². The van der Waals surface area contributed by atoms with Crippen molar-refractivity contribution in [1.29, 1.82) is 0 Å². The molecule has 6 nitrogen and oxygen atoms in total. The Bertz CT molecular complexity index is 715. The first kappa shape index (κ1) is 23.0. The number of nitrogens with zero attached hydrogens (tertiary/aromatic N) is 1. The highest BCUT2D eigenvalue weighted by Gasteiger charge is 2.38. The third kappa shape index (κ3) is 6.91. The predicted molar refractivity (Wildman–Crippen MR) is 93.2 cm³/mol. The smallest absolute Gasteiger partial charge is 0.404 e. The fourth-order valence-electron chi connectivity index (χ4n) is 2.58. The second kappa shape index (κ2) is 9.27. The molecule has 150 valence electrons. The Morgan fingerprint density at radius 1 is 1.26 bits per heavy atom. The minimum atomic E-state index is -4.69. The largest absolute Gasteiger partial charge is 0.465 e. The summed E-state index contributed by atoms with van der Waals surface area (Å²) >= 11 is 11.8. The van der Waals surface area contributed by atoms with Gasteiger partial charge in [0.05, 0.1) is 10.0 Å². The molecule has 1 aromatic carbocycles. The quantitative estimate of drug-likeness (QED) is 0.620. The normalized spacial score (nSPS) is 13.6. The van der Waals surface area contributed by atoms with Gasteiger partial charge in [0.1, 0.15) is 12.7 Å². The van der Waals surface area contributed by atoms with Crippen LogP contribution in [0.2, 0.25) is 10.0 Å². The number of hydrogen-bond donors (Lipinski definition) is 2. The summed E-state index contributed by atoms with van der Waals surface area (Å²) in [7, 11) is 1.14. The zero-order valence-corrected chi connectivity index (χ0v) is 15.7. The van der Waals surface area contributed by atoms with Gasteiger partial charge < -0.3 is 20.1 Å². The lowest BCUT2D eigenvalue weighted by Crippen LogP contribution is -2.49. The molecule has 1 unspecified atom stereocenters. The molecule has 2 amide bonds. The van der Waals surface area contributed by atoms with E-state index in [-0.39, 0.29) is 29.6 Å². The number of nitrogens with one attached hydrogen (secondary N) is 1. The number of likely N-dealkylation sites (N-methyl/N-ethyl adjacent to an activating group) is 1. The van der Waals surface area contributed by atoms with Crippen LogP contribution < -0.4 is 5.32 Å². The van der Waals surface area contributed by atoms with E-state index < -0.39 is 30.0 Å². The summed E-state index contributed by atoms with van der Waals surface area (Å²) in [5.41, 5.74) is -0.978. The number of benzene rings is 1. The number of amides is 2. The van der Waals surface area contributed by atoms with Gasteiger partial charge in [-0.2, -0.15) is 13.2 Å². The fraction of sp³-hybridized carbons (Fsp3) is 0.438. The van der Waals surface area contributed by atoms with E-state index >= 15 is 0 Å². The van der Waals surface area contributed by atoms with E-state index in [2.05, 4.69) is 5.32 Å². The Kier molecular flexibility index (Phi) is 7.91. The van der Waals surface area contributed by atoms with Crippen molar-refractivity contribution in [3.05, 3.63) is 33.8 Å². The molecule has 0 aliphatic rings. The van der Waals surface area contributed by atoms with Crippen LogP contribution in [0.25, 0.3) is 0 Å². The van der Waals surface area contributed by atoms with E-state index in [0.29, 0.717) is 11.8 Å². The average Bonchev–Trinajstić information content (AvgIpc) is 2.53. The van der Waals surface area contributed by atoms with Gasteiger partial charge in [-0.1, -0.05) is 29.3 Å². The molecule has 11 heteroatoms. The molecule has 0 heterocycles. The van der Waals surface area contributed by atoms with Crippen molar-refractivity contribution in [2.75, 3.05) is 20.1 Å². The molecule has 0 aliphatic heterocycles. The number of alkyl halides is 3. The SMILES string of the molecule is CN(CC(CC=O)(CNC(=O)O)c1ccc(Cl)c(Cl)c1)C(=O)CC(F)(F)F. The molecule has 1 aromatic rings. The summed E-state index contributed by atoms with van der Waals surface area (Å²) < 4.78 is 37.5. The molecule has 1 atom stereocenters. The molecule has 2 N–H and O–H groups in total. The van der Waals surface area contributed by atoms with Crippen molar-refractivity contribution in [3.8, 4) is 0 Å². The van der Waals surface area contributed by atoms with E-state index in [0.717, 1.165) is 11.9 Å². The molecule has 0 fully saturated rings. The highest BCUT2D eigenvalue weighted by Crippen LogP contribution is 2.33. The summed E-state index contributed by atoms with van der Waals surface area (Å²) in [6, 6.07) is 4.28. The fourth-order valence-corrected chi connectivity index (χ4v) is 2.88.